The Balaban J connectivity index is 2.06. The maximum absolute atomic E-state index is 12.3. The van der Waals surface area contributed by atoms with E-state index in [4.69, 9.17) is 15.2 Å². The SMILES string of the molecule is CC(OC(=O)c1ccccc1OCc1cccc(Br)c1)C(=O)NC(N)=O. The van der Waals surface area contributed by atoms with Crippen LogP contribution in [0.1, 0.15) is 22.8 Å². The molecule has 3 amide bonds. The van der Waals surface area contributed by atoms with E-state index in [2.05, 4.69) is 15.9 Å². The minimum absolute atomic E-state index is 0.168. The number of carbonyl (C=O) groups is 3. The molecule has 8 heteroatoms. The van der Waals surface area contributed by atoms with Crippen LogP contribution in [0, 0.1) is 0 Å². The lowest BCUT2D eigenvalue weighted by atomic mass is 10.2. The number of amides is 3. The Labute approximate surface area is 158 Å². The molecule has 0 spiro atoms. The van der Waals surface area contributed by atoms with Crippen LogP contribution in [0.15, 0.2) is 53.0 Å². The third-order valence-electron chi connectivity index (χ3n) is 3.29. The number of rotatable bonds is 6. The van der Waals surface area contributed by atoms with Gasteiger partial charge in [0.15, 0.2) is 6.10 Å². The van der Waals surface area contributed by atoms with Gasteiger partial charge in [-0.15, -0.1) is 0 Å². The van der Waals surface area contributed by atoms with Gasteiger partial charge >= 0.3 is 12.0 Å². The minimum Gasteiger partial charge on any atom is -0.488 e. The fourth-order valence-electron chi connectivity index (χ4n) is 2.05. The number of para-hydroxylation sites is 1. The highest BCUT2D eigenvalue weighted by molar-refractivity contribution is 9.10. The molecule has 0 saturated carbocycles. The van der Waals surface area contributed by atoms with E-state index in [-0.39, 0.29) is 12.2 Å². The number of imide groups is 1. The van der Waals surface area contributed by atoms with E-state index in [0.29, 0.717) is 5.75 Å². The molecule has 26 heavy (non-hydrogen) atoms. The molecule has 7 nitrogen and oxygen atoms in total. The molecule has 2 aromatic carbocycles. The number of nitrogens with two attached hydrogens (primary N) is 1. The predicted molar refractivity (Wildman–Crippen MR) is 97.5 cm³/mol. The Morgan fingerprint density at radius 1 is 1.15 bits per heavy atom. The van der Waals surface area contributed by atoms with Crippen molar-refractivity contribution in [3.8, 4) is 5.75 Å². The van der Waals surface area contributed by atoms with Crippen molar-refractivity contribution >= 4 is 33.8 Å². The number of esters is 1. The van der Waals surface area contributed by atoms with Gasteiger partial charge in [0, 0.05) is 4.47 Å². The van der Waals surface area contributed by atoms with Crippen LogP contribution in [0.3, 0.4) is 0 Å². The Morgan fingerprint density at radius 2 is 1.88 bits per heavy atom. The van der Waals surface area contributed by atoms with E-state index >= 15 is 0 Å². The van der Waals surface area contributed by atoms with Gasteiger partial charge in [0.1, 0.15) is 17.9 Å². The number of benzene rings is 2. The number of primary amides is 1. The lowest BCUT2D eigenvalue weighted by Gasteiger charge is -2.14. The standard InChI is InChI=1S/C18H17BrN2O5/c1-11(16(22)21-18(20)24)26-17(23)14-7-2-3-8-15(14)25-10-12-5-4-6-13(19)9-12/h2-9,11H,10H2,1H3,(H3,20,21,22,24). The maximum Gasteiger partial charge on any atom is 0.342 e. The number of hydrogen-bond donors (Lipinski definition) is 2. The van der Waals surface area contributed by atoms with Crippen molar-refractivity contribution in [1.82, 2.24) is 5.32 Å². The van der Waals surface area contributed by atoms with Crippen LogP contribution in [0.5, 0.6) is 5.75 Å². The van der Waals surface area contributed by atoms with Crippen molar-refractivity contribution in [1.29, 1.82) is 0 Å². The van der Waals surface area contributed by atoms with Gasteiger partial charge in [-0.05, 0) is 36.8 Å². The molecule has 0 saturated heterocycles. The smallest absolute Gasteiger partial charge is 0.342 e. The van der Waals surface area contributed by atoms with Gasteiger partial charge in [-0.25, -0.2) is 9.59 Å². The van der Waals surface area contributed by atoms with Crippen molar-refractivity contribution in [2.45, 2.75) is 19.6 Å². The monoisotopic (exact) mass is 420 g/mol. The molecule has 3 N–H and O–H groups in total. The van der Waals surface area contributed by atoms with Crippen LogP contribution >= 0.6 is 15.9 Å². The van der Waals surface area contributed by atoms with E-state index in [9.17, 15) is 14.4 Å². The summed E-state index contributed by atoms with van der Waals surface area (Å²) >= 11 is 3.38. The Kier molecular flexibility index (Phi) is 6.74. The fourth-order valence-corrected chi connectivity index (χ4v) is 2.50. The number of halogens is 1. The molecular formula is C18H17BrN2O5. The van der Waals surface area contributed by atoms with E-state index in [1.54, 1.807) is 18.2 Å². The van der Waals surface area contributed by atoms with Gasteiger partial charge in [-0.2, -0.15) is 0 Å². The third-order valence-corrected chi connectivity index (χ3v) is 3.78. The lowest BCUT2D eigenvalue weighted by Crippen LogP contribution is -2.42. The second-order valence-corrected chi connectivity index (χ2v) is 6.23. The Hall–Kier alpha value is -2.87. The lowest BCUT2D eigenvalue weighted by molar-refractivity contribution is -0.127. The van der Waals surface area contributed by atoms with Gasteiger partial charge in [-0.1, -0.05) is 40.2 Å². The van der Waals surface area contributed by atoms with Crippen LogP contribution in [-0.2, 0) is 16.1 Å². The molecule has 0 aliphatic heterocycles. The average molecular weight is 421 g/mol. The molecule has 0 fully saturated rings. The second kappa shape index (κ2) is 9.00. The molecule has 0 bridgehead atoms. The zero-order valence-electron chi connectivity index (χ0n) is 13.9. The molecule has 0 radical (unpaired) electrons. The third kappa shape index (κ3) is 5.59. The van der Waals surface area contributed by atoms with Crippen LogP contribution < -0.4 is 15.8 Å². The van der Waals surface area contributed by atoms with E-state index in [0.717, 1.165) is 10.0 Å². The van der Waals surface area contributed by atoms with Gasteiger partial charge in [0.2, 0.25) is 0 Å². The molecule has 1 unspecified atom stereocenters. The first-order valence-electron chi connectivity index (χ1n) is 7.64. The van der Waals surface area contributed by atoms with E-state index in [1.807, 2.05) is 29.6 Å². The first kappa shape index (κ1) is 19.5. The number of ether oxygens (including phenoxy) is 2. The molecule has 2 rings (SSSR count). The summed E-state index contributed by atoms with van der Waals surface area (Å²) in [7, 11) is 0. The summed E-state index contributed by atoms with van der Waals surface area (Å²) in [4.78, 5) is 34.6. The molecule has 0 aromatic heterocycles. The molecular weight excluding hydrogens is 404 g/mol. The summed E-state index contributed by atoms with van der Waals surface area (Å²) in [5.41, 5.74) is 5.95. The van der Waals surface area contributed by atoms with Crippen molar-refractivity contribution in [2.24, 2.45) is 5.73 Å². The predicted octanol–water partition coefficient (Wildman–Crippen LogP) is 2.77. The first-order chi connectivity index (χ1) is 12.4. The van der Waals surface area contributed by atoms with Crippen molar-refractivity contribution < 1.29 is 23.9 Å². The van der Waals surface area contributed by atoms with Gasteiger partial charge in [0.25, 0.3) is 5.91 Å². The van der Waals surface area contributed by atoms with Crippen LogP contribution in [-0.4, -0.2) is 24.0 Å². The number of urea groups is 1. The summed E-state index contributed by atoms with van der Waals surface area (Å²) in [5, 5.41) is 1.85. The summed E-state index contributed by atoms with van der Waals surface area (Å²) < 4.78 is 11.7. The van der Waals surface area contributed by atoms with Crippen LogP contribution in [0.4, 0.5) is 4.79 Å². The van der Waals surface area contributed by atoms with Crippen LogP contribution in [0.25, 0.3) is 0 Å². The topological polar surface area (TPSA) is 108 Å². The fraction of sp³-hybridized carbons (Fsp3) is 0.167. The number of carbonyl (C=O) groups excluding carboxylic acids is 3. The highest BCUT2D eigenvalue weighted by atomic mass is 79.9. The van der Waals surface area contributed by atoms with Gasteiger partial charge < -0.3 is 15.2 Å². The molecule has 0 heterocycles. The summed E-state index contributed by atoms with van der Waals surface area (Å²) in [5.74, 6) is -1.24. The summed E-state index contributed by atoms with van der Waals surface area (Å²) in [6.07, 6.45) is -1.19. The van der Waals surface area contributed by atoms with Gasteiger partial charge in [-0.3, -0.25) is 10.1 Å². The van der Waals surface area contributed by atoms with Crippen molar-refractivity contribution in [3.05, 3.63) is 64.1 Å². The Morgan fingerprint density at radius 3 is 2.58 bits per heavy atom. The van der Waals surface area contributed by atoms with Crippen LogP contribution in [0.2, 0.25) is 0 Å². The molecule has 136 valence electrons. The van der Waals surface area contributed by atoms with E-state index in [1.165, 1.54) is 13.0 Å². The highest BCUT2D eigenvalue weighted by Crippen LogP contribution is 2.21. The summed E-state index contributed by atoms with van der Waals surface area (Å²) in [6.45, 7) is 1.59. The molecule has 2 aromatic rings. The van der Waals surface area contributed by atoms with E-state index < -0.39 is 24.0 Å². The number of hydrogen-bond acceptors (Lipinski definition) is 5. The molecule has 1 atom stereocenters. The minimum atomic E-state index is -1.19. The first-order valence-corrected chi connectivity index (χ1v) is 8.43. The summed E-state index contributed by atoms with van der Waals surface area (Å²) in [6, 6.07) is 13.1. The molecule has 0 aliphatic rings. The van der Waals surface area contributed by atoms with Crippen molar-refractivity contribution in [2.75, 3.05) is 0 Å². The second-order valence-electron chi connectivity index (χ2n) is 5.32. The largest absolute Gasteiger partial charge is 0.488 e. The zero-order chi connectivity index (χ0) is 19.1. The normalized spacial score (nSPS) is 11.3. The highest BCUT2D eigenvalue weighted by Gasteiger charge is 2.22. The zero-order valence-corrected chi connectivity index (χ0v) is 15.5. The quantitative estimate of drug-likeness (QED) is 0.698. The Bertz CT molecular complexity index is 825. The van der Waals surface area contributed by atoms with Crippen molar-refractivity contribution in [3.63, 3.8) is 0 Å². The number of nitrogens with one attached hydrogen (secondary N) is 1. The van der Waals surface area contributed by atoms with Gasteiger partial charge in [0.05, 0.1) is 0 Å². The average Bonchev–Trinajstić information content (AvgIpc) is 2.59. The molecule has 0 aliphatic carbocycles. The maximum atomic E-state index is 12.3.